The minimum atomic E-state index is 0.0280. The second-order valence-corrected chi connectivity index (χ2v) is 7.85. The fourth-order valence-electron chi connectivity index (χ4n) is 4.58. The van der Waals surface area contributed by atoms with E-state index < -0.39 is 0 Å². The highest BCUT2D eigenvalue weighted by molar-refractivity contribution is 6.30. The molecule has 5 nitrogen and oxygen atoms in total. The summed E-state index contributed by atoms with van der Waals surface area (Å²) in [6.45, 7) is 2.33. The Balaban J connectivity index is 1.37. The molecule has 1 aromatic rings. The van der Waals surface area contributed by atoms with E-state index in [9.17, 15) is 9.59 Å². The van der Waals surface area contributed by atoms with Gasteiger partial charge in [0.15, 0.2) is 6.61 Å². The number of nitrogens with zero attached hydrogens (tertiary/aromatic N) is 2. The summed E-state index contributed by atoms with van der Waals surface area (Å²) in [7, 11) is 0. The molecule has 0 saturated carbocycles. The van der Waals surface area contributed by atoms with Crippen LogP contribution < -0.4 is 4.74 Å². The van der Waals surface area contributed by atoms with Crippen LogP contribution in [0.25, 0.3) is 0 Å². The fraction of sp³-hybridized carbons (Fsp3) is 0.579. The average molecular weight is 363 g/mol. The van der Waals surface area contributed by atoms with Gasteiger partial charge in [-0.15, -0.1) is 0 Å². The molecule has 0 radical (unpaired) electrons. The largest absolute Gasteiger partial charge is 0.484 e. The third-order valence-electron chi connectivity index (χ3n) is 5.71. The summed E-state index contributed by atoms with van der Waals surface area (Å²) in [5, 5.41) is 0.647. The zero-order chi connectivity index (χ0) is 17.4. The molecule has 3 aliphatic heterocycles. The van der Waals surface area contributed by atoms with E-state index in [1.807, 2.05) is 4.90 Å². The number of fused-ring (bicyclic) bond motifs is 4. The molecule has 0 N–H and O–H groups in total. The highest BCUT2D eigenvalue weighted by Gasteiger charge is 2.44. The van der Waals surface area contributed by atoms with E-state index in [-0.39, 0.29) is 12.5 Å². The summed E-state index contributed by atoms with van der Waals surface area (Å²) < 4.78 is 5.61. The second-order valence-electron chi connectivity index (χ2n) is 7.41. The Bertz CT molecular complexity index is 663. The Labute approximate surface area is 152 Å². The van der Waals surface area contributed by atoms with Gasteiger partial charge < -0.3 is 14.5 Å². The van der Waals surface area contributed by atoms with Gasteiger partial charge in [-0.05, 0) is 55.4 Å². The van der Waals surface area contributed by atoms with E-state index in [2.05, 4.69) is 4.90 Å². The minimum Gasteiger partial charge on any atom is -0.484 e. The maximum Gasteiger partial charge on any atom is 0.260 e. The summed E-state index contributed by atoms with van der Waals surface area (Å²) in [5.74, 6) is 1.80. The lowest BCUT2D eigenvalue weighted by molar-refractivity contribution is -0.149. The number of rotatable bonds is 3. The topological polar surface area (TPSA) is 49.9 Å². The minimum absolute atomic E-state index is 0.0280. The lowest BCUT2D eigenvalue weighted by Gasteiger charge is -2.52. The molecule has 4 rings (SSSR count). The third-order valence-corrected chi connectivity index (χ3v) is 5.96. The molecule has 3 atom stereocenters. The lowest BCUT2D eigenvalue weighted by atomic mass is 9.76. The maximum absolute atomic E-state index is 12.6. The first-order valence-corrected chi connectivity index (χ1v) is 9.43. The van der Waals surface area contributed by atoms with Crippen LogP contribution in [0.2, 0.25) is 5.02 Å². The molecule has 0 aromatic heterocycles. The van der Waals surface area contributed by atoms with Gasteiger partial charge in [-0.25, -0.2) is 0 Å². The van der Waals surface area contributed by atoms with Crippen molar-refractivity contribution in [2.24, 2.45) is 11.8 Å². The first-order valence-electron chi connectivity index (χ1n) is 9.06. The molecular formula is C19H23ClN2O3. The second kappa shape index (κ2) is 6.87. The Morgan fingerprint density at radius 2 is 2.00 bits per heavy atom. The fourth-order valence-corrected chi connectivity index (χ4v) is 4.71. The van der Waals surface area contributed by atoms with Crippen LogP contribution in [0.5, 0.6) is 5.75 Å². The van der Waals surface area contributed by atoms with Crippen LogP contribution in [0, 0.1) is 11.8 Å². The Morgan fingerprint density at radius 3 is 2.80 bits per heavy atom. The zero-order valence-corrected chi connectivity index (χ0v) is 15.0. The van der Waals surface area contributed by atoms with Gasteiger partial charge in [0.25, 0.3) is 5.91 Å². The first-order chi connectivity index (χ1) is 12.1. The van der Waals surface area contributed by atoms with Gasteiger partial charge in [0.05, 0.1) is 0 Å². The highest BCUT2D eigenvalue weighted by atomic mass is 35.5. The number of likely N-dealkylation sites (tertiary alicyclic amines) is 1. The number of carbonyl (C=O) groups is 2. The molecule has 25 heavy (non-hydrogen) atoms. The quantitative estimate of drug-likeness (QED) is 0.830. The summed E-state index contributed by atoms with van der Waals surface area (Å²) in [4.78, 5) is 28.8. The highest BCUT2D eigenvalue weighted by Crippen LogP contribution is 2.37. The van der Waals surface area contributed by atoms with Crippen molar-refractivity contribution in [3.05, 3.63) is 29.3 Å². The van der Waals surface area contributed by atoms with E-state index in [1.165, 1.54) is 0 Å². The van der Waals surface area contributed by atoms with E-state index in [0.29, 0.717) is 41.0 Å². The summed E-state index contributed by atoms with van der Waals surface area (Å²) in [6.07, 6.45) is 3.88. The van der Waals surface area contributed by atoms with Crippen LogP contribution in [0.3, 0.4) is 0 Å². The Kier molecular flexibility index (Phi) is 4.59. The lowest BCUT2D eigenvalue weighted by Crippen LogP contribution is -2.61. The molecule has 0 unspecified atom stereocenters. The van der Waals surface area contributed by atoms with Crippen molar-refractivity contribution in [1.82, 2.24) is 9.80 Å². The van der Waals surface area contributed by atoms with Gasteiger partial charge in [0.1, 0.15) is 5.75 Å². The van der Waals surface area contributed by atoms with Crippen molar-refractivity contribution in [1.29, 1.82) is 0 Å². The standard InChI is InChI=1S/C19H23ClN2O3/c20-15-4-6-16(7-5-15)25-12-19(24)21-9-13-8-14(11-21)17-2-1-3-18(23)22(17)10-13/h4-7,13-14,17H,1-3,8-12H2/t13-,14-,17-/m1/s1. The first kappa shape index (κ1) is 16.7. The molecule has 0 spiro atoms. The predicted molar refractivity (Wildman–Crippen MR) is 94.5 cm³/mol. The molecule has 2 amide bonds. The number of carbonyl (C=O) groups excluding carboxylic acids is 2. The smallest absolute Gasteiger partial charge is 0.260 e. The normalized spacial score (nSPS) is 28.5. The van der Waals surface area contributed by atoms with Crippen LogP contribution in [-0.2, 0) is 9.59 Å². The van der Waals surface area contributed by atoms with E-state index in [0.717, 1.165) is 38.9 Å². The van der Waals surface area contributed by atoms with Crippen LogP contribution in [0.4, 0.5) is 0 Å². The summed E-state index contributed by atoms with van der Waals surface area (Å²) >= 11 is 5.86. The molecular weight excluding hydrogens is 340 g/mol. The van der Waals surface area contributed by atoms with Crippen molar-refractivity contribution in [2.45, 2.75) is 31.7 Å². The molecule has 134 valence electrons. The van der Waals surface area contributed by atoms with Crippen molar-refractivity contribution in [3.63, 3.8) is 0 Å². The van der Waals surface area contributed by atoms with Gasteiger partial charge in [-0.2, -0.15) is 0 Å². The third kappa shape index (κ3) is 3.47. The van der Waals surface area contributed by atoms with Crippen LogP contribution >= 0.6 is 11.6 Å². The van der Waals surface area contributed by atoms with Gasteiger partial charge in [-0.1, -0.05) is 11.6 Å². The maximum atomic E-state index is 12.6. The van der Waals surface area contributed by atoms with Gasteiger partial charge in [0, 0.05) is 37.1 Å². The molecule has 0 aliphatic carbocycles. The predicted octanol–water partition coefficient (Wildman–Crippen LogP) is 2.58. The number of hydrogen-bond acceptors (Lipinski definition) is 3. The molecule has 6 heteroatoms. The van der Waals surface area contributed by atoms with Gasteiger partial charge in [-0.3, -0.25) is 9.59 Å². The molecule has 1 aromatic carbocycles. The monoisotopic (exact) mass is 362 g/mol. The number of benzene rings is 1. The number of ether oxygens (including phenoxy) is 1. The molecule has 2 bridgehead atoms. The van der Waals surface area contributed by atoms with Crippen molar-refractivity contribution >= 4 is 23.4 Å². The molecule has 3 heterocycles. The van der Waals surface area contributed by atoms with E-state index in [4.69, 9.17) is 16.3 Å². The van der Waals surface area contributed by atoms with Crippen molar-refractivity contribution in [3.8, 4) is 5.75 Å². The van der Waals surface area contributed by atoms with Crippen molar-refractivity contribution < 1.29 is 14.3 Å². The Hall–Kier alpha value is -1.75. The van der Waals surface area contributed by atoms with E-state index >= 15 is 0 Å². The van der Waals surface area contributed by atoms with Crippen molar-refractivity contribution in [2.75, 3.05) is 26.2 Å². The van der Waals surface area contributed by atoms with Crippen LogP contribution in [0.15, 0.2) is 24.3 Å². The zero-order valence-electron chi connectivity index (χ0n) is 14.2. The van der Waals surface area contributed by atoms with Crippen LogP contribution in [-0.4, -0.2) is 53.9 Å². The number of piperidine rings is 3. The number of hydrogen-bond donors (Lipinski definition) is 0. The average Bonchev–Trinajstić information content (AvgIpc) is 2.62. The van der Waals surface area contributed by atoms with Gasteiger partial charge >= 0.3 is 0 Å². The summed E-state index contributed by atoms with van der Waals surface area (Å²) in [6, 6.07) is 7.37. The van der Waals surface area contributed by atoms with Gasteiger partial charge in [0.2, 0.25) is 5.91 Å². The number of amides is 2. The SMILES string of the molecule is O=C(COc1ccc(Cl)cc1)N1C[C@H]2C[C@H](C1)[C@H]1CCCC(=O)N1C2. The Morgan fingerprint density at radius 1 is 1.20 bits per heavy atom. The summed E-state index contributed by atoms with van der Waals surface area (Å²) in [5.41, 5.74) is 0. The molecule has 3 fully saturated rings. The molecule has 3 aliphatic rings. The van der Waals surface area contributed by atoms with E-state index in [1.54, 1.807) is 24.3 Å². The number of halogens is 1. The molecule has 3 saturated heterocycles. The van der Waals surface area contributed by atoms with Crippen LogP contribution in [0.1, 0.15) is 25.7 Å².